The highest BCUT2D eigenvalue weighted by Crippen LogP contribution is 2.12. The van der Waals surface area contributed by atoms with Crippen molar-refractivity contribution in [1.29, 1.82) is 0 Å². The Morgan fingerprint density at radius 1 is 0.944 bits per heavy atom. The molecule has 0 saturated heterocycles. The van der Waals surface area contributed by atoms with E-state index in [9.17, 15) is 0 Å². The molecule has 1 nitrogen and oxygen atoms in total. The molecule has 0 aliphatic carbocycles. The zero-order valence-electron chi connectivity index (χ0n) is 10.9. The molecule has 1 atom stereocenters. The highest BCUT2D eigenvalue weighted by molar-refractivity contribution is 5.22. The van der Waals surface area contributed by atoms with E-state index in [0.717, 1.165) is 6.54 Å². The van der Waals surface area contributed by atoms with Crippen molar-refractivity contribution in [3.63, 3.8) is 0 Å². The second kappa shape index (κ2) is 7.20. The van der Waals surface area contributed by atoms with E-state index >= 15 is 0 Å². The molecule has 0 spiro atoms. The van der Waals surface area contributed by atoms with Gasteiger partial charge in [0.25, 0.3) is 0 Å². The molecule has 2 aromatic rings. The minimum Gasteiger partial charge on any atom is -1.00 e. The van der Waals surface area contributed by atoms with Gasteiger partial charge < -0.3 is 17.7 Å². The molecule has 0 radical (unpaired) electrons. The van der Waals surface area contributed by atoms with E-state index in [1.165, 1.54) is 16.7 Å². The third-order valence-corrected chi connectivity index (χ3v) is 3.03. The van der Waals surface area contributed by atoms with Crippen molar-refractivity contribution in [3.05, 3.63) is 71.3 Å². The number of hydrogen-bond donors (Lipinski definition) is 1. The molecule has 0 saturated carbocycles. The maximum Gasteiger partial charge on any atom is 0.0294 e. The topological polar surface area (TPSA) is 12.0 Å². The molecular weight excluding hydrogens is 242 g/mol. The quantitative estimate of drug-likeness (QED) is 0.860. The molecule has 2 rings (SSSR count). The van der Waals surface area contributed by atoms with Crippen molar-refractivity contribution < 1.29 is 12.4 Å². The lowest BCUT2D eigenvalue weighted by molar-refractivity contribution is -0.00000362. The summed E-state index contributed by atoms with van der Waals surface area (Å²) in [7, 11) is 0. The molecule has 0 aliphatic rings. The molecule has 18 heavy (non-hydrogen) atoms. The van der Waals surface area contributed by atoms with Gasteiger partial charge in [-0.3, -0.25) is 0 Å². The predicted molar refractivity (Wildman–Crippen MR) is 72.9 cm³/mol. The van der Waals surface area contributed by atoms with Crippen LogP contribution in [0.3, 0.4) is 0 Å². The van der Waals surface area contributed by atoms with Crippen LogP contribution in [-0.2, 0) is 6.54 Å². The lowest BCUT2D eigenvalue weighted by Gasteiger charge is -2.14. The molecule has 0 bridgehead atoms. The lowest BCUT2D eigenvalue weighted by atomic mass is 10.1. The van der Waals surface area contributed by atoms with E-state index in [-0.39, 0.29) is 12.4 Å². The van der Waals surface area contributed by atoms with Gasteiger partial charge in [-0.05, 0) is 25.0 Å². The highest BCUT2D eigenvalue weighted by atomic mass is 35.5. The molecular formula is C16H19ClN-. The van der Waals surface area contributed by atoms with Crippen molar-refractivity contribution in [1.82, 2.24) is 5.32 Å². The fourth-order valence-electron chi connectivity index (χ4n) is 1.84. The zero-order chi connectivity index (χ0) is 12.1. The first-order chi connectivity index (χ1) is 8.25. The van der Waals surface area contributed by atoms with E-state index < -0.39 is 0 Å². The number of rotatable bonds is 4. The predicted octanol–water partition coefficient (Wildman–Crippen LogP) is 0.850. The second-order valence-electron chi connectivity index (χ2n) is 4.50. The summed E-state index contributed by atoms with van der Waals surface area (Å²) in [6.07, 6.45) is 0. The highest BCUT2D eigenvalue weighted by Gasteiger charge is 2.03. The van der Waals surface area contributed by atoms with Gasteiger partial charge in [0.15, 0.2) is 0 Å². The van der Waals surface area contributed by atoms with Crippen LogP contribution >= 0.6 is 0 Å². The van der Waals surface area contributed by atoms with Crippen LogP contribution in [0.5, 0.6) is 0 Å². The number of aryl methyl sites for hydroxylation is 1. The summed E-state index contributed by atoms with van der Waals surface area (Å²) in [5.41, 5.74) is 3.97. The summed E-state index contributed by atoms with van der Waals surface area (Å²) in [6.45, 7) is 5.23. The molecule has 2 aromatic carbocycles. The molecule has 2 heteroatoms. The minimum atomic E-state index is 0. The third kappa shape index (κ3) is 4.17. The van der Waals surface area contributed by atoms with Crippen molar-refractivity contribution in [2.75, 3.05) is 0 Å². The summed E-state index contributed by atoms with van der Waals surface area (Å²) < 4.78 is 0. The largest absolute Gasteiger partial charge is 1.00 e. The molecule has 1 N–H and O–H groups in total. The first kappa shape index (κ1) is 14.7. The molecule has 0 aromatic heterocycles. The minimum absolute atomic E-state index is 0. The van der Waals surface area contributed by atoms with E-state index in [2.05, 4.69) is 73.8 Å². The van der Waals surface area contributed by atoms with Crippen LogP contribution < -0.4 is 17.7 Å². The monoisotopic (exact) mass is 260 g/mol. The summed E-state index contributed by atoms with van der Waals surface area (Å²) in [6, 6.07) is 19.6. The van der Waals surface area contributed by atoms with Gasteiger partial charge in [0, 0.05) is 12.6 Å². The third-order valence-electron chi connectivity index (χ3n) is 3.03. The van der Waals surface area contributed by atoms with Gasteiger partial charge in [0.05, 0.1) is 0 Å². The Morgan fingerprint density at radius 3 is 2.17 bits per heavy atom. The van der Waals surface area contributed by atoms with Crippen LogP contribution in [0.2, 0.25) is 0 Å². The maximum atomic E-state index is 3.53. The van der Waals surface area contributed by atoms with Crippen molar-refractivity contribution >= 4 is 0 Å². The number of hydrogen-bond acceptors (Lipinski definition) is 1. The van der Waals surface area contributed by atoms with Gasteiger partial charge in [0.2, 0.25) is 0 Å². The first-order valence-corrected chi connectivity index (χ1v) is 6.09. The first-order valence-electron chi connectivity index (χ1n) is 6.09. The number of halogens is 1. The van der Waals surface area contributed by atoms with Gasteiger partial charge >= 0.3 is 0 Å². The molecule has 0 aliphatic heterocycles. The standard InChI is InChI=1S/C16H19N.ClH/c1-13-8-10-15(11-9-13)12-17-14(2)16-6-4-3-5-7-16;/h3-11,14,17H,12H2,1-2H3;1H/p-1. The maximum absolute atomic E-state index is 3.53. The van der Waals surface area contributed by atoms with Crippen molar-refractivity contribution in [2.24, 2.45) is 0 Å². The normalized spacial score (nSPS) is 11.7. The van der Waals surface area contributed by atoms with Gasteiger partial charge in [-0.2, -0.15) is 0 Å². The fourth-order valence-corrected chi connectivity index (χ4v) is 1.84. The summed E-state index contributed by atoms with van der Waals surface area (Å²) in [5, 5.41) is 3.53. The van der Waals surface area contributed by atoms with E-state index in [0.29, 0.717) is 6.04 Å². The summed E-state index contributed by atoms with van der Waals surface area (Å²) in [4.78, 5) is 0. The van der Waals surface area contributed by atoms with Gasteiger partial charge in [-0.25, -0.2) is 0 Å². The van der Waals surface area contributed by atoms with Crippen LogP contribution in [0.15, 0.2) is 54.6 Å². The van der Waals surface area contributed by atoms with Crippen LogP contribution in [0, 0.1) is 6.92 Å². The Balaban J connectivity index is 0.00000162. The van der Waals surface area contributed by atoms with Gasteiger partial charge in [0.1, 0.15) is 0 Å². The van der Waals surface area contributed by atoms with Crippen molar-refractivity contribution in [2.45, 2.75) is 26.4 Å². The SMILES string of the molecule is Cc1ccc(CNC(C)c2ccccc2)cc1.[Cl-]. The average molecular weight is 261 g/mol. The van der Waals surface area contributed by atoms with Crippen molar-refractivity contribution in [3.8, 4) is 0 Å². The Bertz CT molecular complexity index is 450. The number of benzene rings is 2. The molecule has 96 valence electrons. The van der Waals surface area contributed by atoms with Crippen LogP contribution in [0.4, 0.5) is 0 Å². The van der Waals surface area contributed by atoms with Crippen LogP contribution in [0.25, 0.3) is 0 Å². The summed E-state index contributed by atoms with van der Waals surface area (Å²) in [5.74, 6) is 0. The Labute approximate surface area is 116 Å². The fraction of sp³-hybridized carbons (Fsp3) is 0.250. The molecule has 0 heterocycles. The smallest absolute Gasteiger partial charge is 0.0294 e. The van der Waals surface area contributed by atoms with Gasteiger partial charge in [-0.15, -0.1) is 0 Å². The van der Waals surface area contributed by atoms with Crippen LogP contribution in [0.1, 0.15) is 29.7 Å². The number of nitrogens with one attached hydrogen (secondary N) is 1. The Morgan fingerprint density at radius 2 is 1.56 bits per heavy atom. The van der Waals surface area contributed by atoms with E-state index in [4.69, 9.17) is 0 Å². The summed E-state index contributed by atoms with van der Waals surface area (Å²) >= 11 is 0. The molecule has 1 unspecified atom stereocenters. The Hall–Kier alpha value is -1.31. The lowest BCUT2D eigenvalue weighted by Crippen LogP contribution is -3.00. The van der Waals surface area contributed by atoms with E-state index in [1.807, 2.05) is 0 Å². The zero-order valence-corrected chi connectivity index (χ0v) is 11.6. The molecule has 0 amide bonds. The van der Waals surface area contributed by atoms with Crippen LogP contribution in [-0.4, -0.2) is 0 Å². The van der Waals surface area contributed by atoms with E-state index in [1.54, 1.807) is 0 Å². The molecule has 0 fully saturated rings. The average Bonchev–Trinajstić information content (AvgIpc) is 2.39. The van der Waals surface area contributed by atoms with Gasteiger partial charge in [-0.1, -0.05) is 60.2 Å². The Kier molecular flexibility index (Phi) is 5.90. The second-order valence-corrected chi connectivity index (χ2v) is 4.50.